The van der Waals surface area contributed by atoms with Crippen LogP contribution in [0.2, 0.25) is 0 Å². The number of amides is 2. The number of sulfonamides is 1. The van der Waals surface area contributed by atoms with Crippen molar-refractivity contribution < 1.29 is 27.1 Å². The summed E-state index contributed by atoms with van der Waals surface area (Å²) < 4.78 is 46.7. The Labute approximate surface area is 218 Å². The van der Waals surface area contributed by atoms with Gasteiger partial charge in [-0.3, -0.25) is 13.9 Å². The summed E-state index contributed by atoms with van der Waals surface area (Å²) in [6.45, 7) is 2.90. The molecule has 0 aromatic heterocycles. The number of nitrogens with one attached hydrogen (secondary N) is 1. The molecule has 202 valence electrons. The van der Waals surface area contributed by atoms with E-state index in [9.17, 15) is 22.4 Å². The Balaban J connectivity index is 1.91. The van der Waals surface area contributed by atoms with Crippen LogP contribution in [0.15, 0.2) is 48.5 Å². The van der Waals surface area contributed by atoms with E-state index in [1.54, 1.807) is 56.3 Å². The molecule has 0 heterocycles. The number of carbonyl (C=O) groups is 2. The van der Waals surface area contributed by atoms with E-state index < -0.39 is 34.3 Å². The Kier molecular flexibility index (Phi) is 9.91. The molecule has 10 heteroatoms. The lowest BCUT2D eigenvalue weighted by Crippen LogP contribution is -2.53. The largest absolute Gasteiger partial charge is 0.492 e. The molecule has 2 amide bonds. The lowest BCUT2D eigenvalue weighted by Gasteiger charge is -2.33. The van der Waals surface area contributed by atoms with Crippen LogP contribution >= 0.6 is 0 Å². The third-order valence-corrected chi connectivity index (χ3v) is 7.66. The molecule has 2 aromatic rings. The molecule has 0 unspecified atom stereocenters. The minimum Gasteiger partial charge on any atom is -0.492 e. The van der Waals surface area contributed by atoms with Gasteiger partial charge in [-0.2, -0.15) is 0 Å². The maximum atomic E-state index is 14.5. The van der Waals surface area contributed by atoms with Crippen molar-refractivity contribution in [2.45, 2.75) is 64.6 Å². The fraction of sp³-hybridized carbons (Fsp3) is 0.481. The monoisotopic (exact) mass is 533 g/mol. The highest BCUT2D eigenvalue weighted by Gasteiger charge is 2.32. The molecule has 1 atom stereocenters. The maximum absolute atomic E-state index is 14.5. The van der Waals surface area contributed by atoms with E-state index in [2.05, 4.69) is 5.32 Å². The zero-order valence-corrected chi connectivity index (χ0v) is 22.5. The van der Waals surface area contributed by atoms with E-state index in [0.717, 1.165) is 42.7 Å². The molecule has 0 radical (unpaired) electrons. The van der Waals surface area contributed by atoms with Crippen molar-refractivity contribution in [3.8, 4) is 5.75 Å². The number of para-hydroxylation sites is 2. The summed E-state index contributed by atoms with van der Waals surface area (Å²) >= 11 is 0. The number of anilines is 1. The topological polar surface area (TPSA) is 96.0 Å². The van der Waals surface area contributed by atoms with Crippen LogP contribution in [0.1, 0.15) is 51.5 Å². The molecule has 1 aliphatic rings. The van der Waals surface area contributed by atoms with Gasteiger partial charge in [-0.05, 0) is 44.9 Å². The Morgan fingerprint density at radius 3 is 2.38 bits per heavy atom. The van der Waals surface area contributed by atoms with Gasteiger partial charge < -0.3 is 15.0 Å². The van der Waals surface area contributed by atoms with Gasteiger partial charge in [0.15, 0.2) is 0 Å². The molecule has 37 heavy (non-hydrogen) atoms. The van der Waals surface area contributed by atoms with Crippen LogP contribution in [-0.4, -0.2) is 56.6 Å². The lowest BCUT2D eigenvalue weighted by atomic mass is 9.95. The minimum absolute atomic E-state index is 0.0275. The predicted octanol–water partition coefficient (Wildman–Crippen LogP) is 3.86. The molecule has 1 N–H and O–H groups in total. The summed E-state index contributed by atoms with van der Waals surface area (Å²) in [5.41, 5.74) is 0.444. The molecule has 1 saturated carbocycles. The van der Waals surface area contributed by atoms with Gasteiger partial charge in [-0.1, -0.05) is 49.6 Å². The quantitative estimate of drug-likeness (QED) is 0.473. The maximum Gasteiger partial charge on any atom is 0.244 e. The van der Waals surface area contributed by atoms with Crippen LogP contribution in [0.5, 0.6) is 5.75 Å². The molecule has 8 nitrogen and oxygen atoms in total. The van der Waals surface area contributed by atoms with Crippen molar-refractivity contribution >= 4 is 27.5 Å². The molecular weight excluding hydrogens is 497 g/mol. The summed E-state index contributed by atoms with van der Waals surface area (Å²) in [6, 6.07) is 11.6. The highest BCUT2D eigenvalue weighted by molar-refractivity contribution is 7.92. The van der Waals surface area contributed by atoms with Gasteiger partial charge in [-0.25, -0.2) is 12.8 Å². The van der Waals surface area contributed by atoms with Gasteiger partial charge in [0.1, 0.15) is 24.2 Å². The first-order valence-corrected chi connectivity index (χ1v) is 14.5. The van der Waals surface area contributed by atoms with Crippen molar-refractivity contribution in [1.29, 1.82) is 0 Å². The van der Waals surface area contributed by atoms with Crippen LogP contribution in [-0.2, 0) is 26.2 Å². The van der Waals surface area contributed by atoms with Crippen LogP contribution in [0.3, 0.4) is 0 Å². The molecule has 0 bridgehead atoms. The van der Waals surface area contributed by atoms with E-state index in [1.807, 2.05) is 0 Å². The number of nitrogens with zero attached hydrogens (tertiary/aromatic N) is 2. The Hall–Kier alpha value is -3.14. The van der Waals surface area contributed by atoms with Crippen LogP contribution in [0.25, 0.3) is 0 Å². The highest BCUT2D eigenvalue weighted by atomic mass is 32.2. The third kappa shape index (κ3) is 7.67. The standard InChI is InChI=1S/C27H36FN3O5S/c1-4-36-25-17-11-10-16-24(25)31(37(3,34)35)19-26(32)30(18-21-12-8-9-15-23(21)28)20(2)27(33)29-22-13-6-5-7-14-22/h8-12,15-17,20,22H,4-7,13-14,18-19H2,1-3H3,(H,29,33)/t20-/m0/s1. The van der Waals surface area contributed by atoms with Crippen molar-refractivity contribution in [1.82, 2.24) is 10.2 Å². The first-order chi connectivity index (χ1) is 17.6. The van der Waals surface area contributed by atoms with E-state index in [0.29, 0.717) is 12.4 Å². The average Bonchev–Trinajstić information content (AvgIpc) is 2.87. The fourth-order valence-electron chi connectivity index (χ4n) is 4.50. The second-order valence-electron chi connectivity index (χ2n) is 9.30. The number of benzene rings is 2. The summed E-state index contributed by atoms with van der Waals surface area (Å²) in [4.78, 5) is 28.1. The Bertz CT molecular complexity index is 1180. The van der Waals surface area contributed by atoms with E-state index >= 15 is 0 Å². The van der Waals surface area contributed by atoms with Crippen molar-refractivity contribution in [3.05, 3.63) is 59.9 Å². The van der Waals surface area contributed by atoms with Crippen molar-refractivity contribution in [3.63, 3.8) is 0 Å². The Morgan fingerprint density at radius 1 is 1.08 bits per heavy atom. The summed E-state index contributed by atoms with van der Waals surface area (Å²) in [5, 5.41) is 3.02. The summed E-state index contributed by atoms with van der Waals surface area (Å²) in [6.07, 6.45) is 5.93. The summed E-state index contributed by atoms with van der Waals surface area (Å²) in [7, 11) is -3.91. The van der Waals surface area contributed by atoms with Crippen molar-refractivity contribution in [2.75, 3.05) is 23.7 Å². The number of hydrogen-bond donors (Lipinski definition) is 1. The lowest BCUT2D eigenvalue weighted by molar-refractivity contribution is -0.139. The number of halogens is 1. The zero-order chi connectivity index (χ0) is 27.0. The SMILES string of the molecule is CCOc1ccccc1N(CC(=O)N(Cc1ccccc1F)[C@@H](C)C(=O)NC1CCCCC1)S(C)(=O)=O. The molecular formula is C27H36FN3O5S. The number of carbonyl (C=O) groups excluding carboxylic acids is 2. The first kappa shape index (κ1) is 28.4. The molecule has 0 aliphatic heterocycles. The van der Waals surface area contributed by atoms with Gasteiger partial charge in [0.2, 0.25) is 21.8 Å². The van der Waals surface area contributed by atoms with E-state index in [-0.39, 0.29) is 29.7 Å². The highest BCUT2D eigenvalue weighted by Crippen LogP contribution is 2.30. The van der Waals surface area contributed by atoms with Crippen LogP contribution < -0.4 is 14.4 Å². The molecule has 0 spiro atoms. The smallest absolute Gasteiger partial charge is 0.244 e. The van der Waals surface area contributed by atoms with E-state index in [4.69, 9.17) is 4.74 Å². The van der Waals surface area contributed by atoms with Gasteiger partial charge in [0, 0.05) is 18.2 Å². The number of ether oxygens (including phenoxy) is 1. The molecule has 2 aromatic carbocycles. The Morgan fingerprint density at radius 2 is 1.73 bits per heavy atom. The second-order valence-corrected chi connectivity index (χ2v) is 11.2. The van der Waals surface area contributed by atoms with Gasteiger partial charge >= 0.3 is 0 Å². The van der Waals surface area contributed by atoms with E-state index in [1.165, 1.54) is 11.0 Å². The normalized spacial score (nSPS) is 15.0. The van der Waals surface area contributed by atoms with Crippen LogP contribution in [0, 0.1) is 5.82 Å². The molecule has 3 rings (SSSR count). The minimum atomic E-state index is -3.91. The van der Waals surface area contributed by atoms with Gasteiger partial charge in [0.25, 0.3) is 0 Å². The number of hydrogen-bond acceptors (Lipinski definition) is 5. The molecule has 1 fully saturated rings. The van der Waals surface area contributed by atoms with Crippen molar-refractivity contribution in [2.24, 2.45) is 0 Å². The van der Waals surface area contributed by atoms with Crippen LogP contribution in [0.4, 0.5) is 10.1 Å². The molecule has 1 aliphatic carbocycles. The average molecular weight is 534 g/mol. The predicted molar refractivity (Wildman–Crippen MR) is 141 cm³/mol. The fourth-order valence-corrected chi connectivity index (χ4v) is 5.35. The zero-order valence-electron chi connectivity index (χ0n) is 21.7. The second kappa shape index (κ2) is 12.9. The number of rotatable bonds is 11. The van der Waals surface area contributed by atoms with Gasteiger partial charge in [-0.15, -0.1) is 0 Å². The third-order valence-electron chi connectivity index (χ3n) is 6.53. The summed E-state index contributed by atoms with van der Waals surface area (Å²) in [5.74, 6) is -1.18. The van der Waals surface area contributed by atoms with Gasteiger partial charge in [0.05, 0.1) is 18.6 Å². The first-order valence-electron chi connectivity index (χ1n) is 12.6. The molecule has 0 saturated heterocycles.